The molecule has 0 unspecified atom stereocenters. The summed E-state index contributed by atoms with van der Waals surface area (Å²) in [5.41, 5.74) is 1.79. The van der Waals surface area contributed by atoms with E-state index in [2.05, 4.69) is 4.98 Å². The highest BCUT2D eigenvalue weighted by Crippen LogP contribution is 2.43. The molecule has 1 amide bonds. The van der Waals surface area contributed by atoms with Crippen molar-refractivity contribution in [3.05, 3.63) is 81.3 Å². The third-order valence-corrected chi connectivity index (χ3v) is 5.91. The van der Waals surface area contributed by atoms with E-state index in [1.165, 1.54) is 16.2 Å². The molecule has 1 aromatic heterocycles. The molecule has 0 radical (unpaired) electrons. The van der Waals surface area contributed by atoms with Gasteiger partial charge in [-0.15, -0.1) is 11.3 Å². The van der Waals surface area contributed by atoms with E-state index in [1.807, 2.05) is 6.92 Å². The number of rotatable bonds is 4. The molecule has 1 atom stereocenters. The largest absolute Gasteiger partial charge is 0.507 e. The molecular formula is C22H17ClN2O4S. The summed E-state index contributed by atoms with van der Waals surface area (Å²) in [7, 11) is 1.56. The lowest BCUT2D eigenvalue weighted by Crippen LogP contribution is -2.29. The Balaban J connectivity index is 1.94. The number of aromatic nitrogens is 1. The molecule has 2 aromatic carbocycles. The van der Waals surface area contributed by atoms with E-state index in [1.54, 1.807) is 61.2 Å². The SMILES string of the molecule is COc1ccc(C(O)=C2C(=O)C(=O)N(c3nccs3)[C@@H]2c2cccc(Cl)c2)cc1C. The average molecular weight is 441 g/mol. The number of Topliss-reactive ketones (excluding diaryl/α,β-unsaturated/α-hetero) is 1. The second kappa shape index (κ2) is 7.93. The van der Waals surface area contributed by atoms with Crippen LogP contribution in [0.4, 0.5) is 5.13 Å². The van der Waals surface area contributed by atoms with E-state index in [-0.39, 0.29) is 11.3 Å². The number of hydrogen-bond acceptors (Lipinski definition) is 6. The van der Waals surface area contributed by atoms with E-state index < -0.39 is 17.7 Å². The molecule has 1 aliphatic heterocycles. The third kappa shape index (κ3) is 3.36. The van der Waals surface area contributed by atoms with Gasteiger partial charge in [-0.05, 0) is 48.4 Å². The standard InChI is InChI=1S/C22H17ClN2O4S/c1-12-10-14(6-7-16(12)29-2)19(26)17-18(13-4-3-5-15(23)11-13)25(21(28)20(17)27)22-24-8-9-30-22/h3-11,18,26H,1-2H3/t18-/m1/s1. The normalized spacial score (nSPS) is 18.1. The zero-order valence-electron chi connectivity index (χ0n) is 16.1. The second-order valence-electron chi connectivity index (χ2n) is 6.72. The monoisotopic (exact) mass is 440 g/mol. The van der Waals surface area contributed by atoms with Crippen LogP contribution in [-0.2, 0) is 9.59 Å². The minimum Gasteiger partial charge on any atom is -0.507 e. The maximum Gasteiger partial charge on any atom is 0.301 e. The number of methoxy groups -OCH3 is 1. The molecule has 0 aliphatic carbocycles. The fraction of sp³-hybridized carbons (Fsp3) is 0.136. The molecule has 4 rings (SSSR count). The van der Waals surface area contributed by atoms with E-state index in [4.69, 9.17) is 16.3 Å². The predicted molar refractivity (Wildman–Crippen MR) is 116 cm³/mol. The van der Waals surface area contributed by atoms with Gasteiger partial charge in [-0.3, -0.25) is 14.5 Å². The molecule has 1 fully saturated rings. The van der Waals surface area contributed by atoms with Crippen molar-refractivity contribution in [2.24, 2.45) is 0 Å². The first-order valence-electron chi connectivity index (χ1n) is 9.03. The van der Waals surface area contributed by atoms with Gasteiger partial charge in [0, 0.05) is 22.2 Å². The van der Waals surface area contributed by atoms with Crippen LogP contribution in [0.25, 0.3) is 5.76 Å². The summed E-state index contributed by atoms with van der Waals surface area (Å²) in [6.45, 7) is 1.83. The lowest BCUT2D eigenvalue weighted by Gasteiger charge is -2.23. The maximum absolute atomic E-state index is 13.0. The topological polar surface area (TPSA) is 79.7 Å². The molecule has 8 heteroatoms. The van der Waals surface area contributed by atoms with Crippen molar-refractivity contribution in [2.75, 3.05) is 12.0 Å². The summed E-state index contributed by atoms with van der Waals surface area (Å²) in [6.07, 6.45) is 1.56. The summed E-state index contributed by atoms with van der Waals surface area (Å²) < 4.78 is 5.26. The Hall–Kier alpha value is -3.16. The number of thiazole rings is 1. The van der Waals surface area contributed by atoms with E-state index in [0.717, 1.165) is 5.56 Å². The fourth-order valence-electron chi connectivity index (χ4n) is 3.54. The van der Waals surface area contributed by atoms with Crippen LogP contribution in [0.3, 0.4) is 0 Å². The Bertz CT molecular complexity index is 1170. The van der Waals surface area contributed by atoms with Crippen molar-refractivity contribution in [1.29, 1.82) is 0 Å². The molecule has 2 heterocycles. The smallest absolute Gasteiger partial charge is 0.301 e. The van der Waals surface area contributed by atoms with Crippen LogP contribution in [0.5, 0.6) is 5.75 Å². The number of hydrogen-bond donors (Lipinski definition) is 1. The minimum absolute atomic E-state index is 0.0120. The molecule has 6 nitrogen and oxygen atoms in total. The number of ketones is 1. The van der Waals surface area contributed by atoms with Crippen LogP contribution in [0.15, 0.2) is 59.6 Å². The van der Waals surface area contributed by atoms with Gasteiger partial charge in [0.1, 0.15) is 11.5 Å². The molecular weight excluding hydrogens is 424 g/mol. The highest BCUT2D eigenvalue weighted by atomic mass is 35.5. The number of ether oxygens (including phenoxy) is 1. The average Bonchev–Trinajstić information content (AvgIpc) is 3.34. The van der Waals surface area contributed by atoms with E-state index >= 15 is 0 Å². The number of aliphatic hydroxyl groups is 1. The molecule has 1 N–H and O–H groups in total. The van der Waals surface area contributed by atoms with Gasteiger partial charge in [0.15, 0.2) is 5.13 Å². The van der Waals surface area contributed by atoms with Crippen LogP contribution >= 0.6 is 22.9 Å². The first kappa shape index (κ1) is 20.1. The number of carbonyl (C=O) groups is 2. The lowest BCUT2D eigenvalue weighted by molar-refractivity contribution is -0.132. The van der Waals surface area contributed by atoms with Crippen LogP contribution in [0.1, 0.15) is 22.7 Å². The highest BCUT2D eigenvalue weighted by Gasteiger charge is 2.48. The van der Waals surface area contributed by atoms with Gasteiger partial charge in [-0.25, -0.2) is 4.98 Å². The van der Waals surface area contributed by atoms with Crippen molar-refractivity contribution < 1.29 is 19.4 Å². The van der Waals surface area contributed by atoms with Gasteiger partial charge in [0.25, 0.3) is 5.78 Å². The van der Waals surface area contributed by atoms with Gasteiger partial charge in [0.2, 0.25) is 0 Å². The van der Waals surface area contributed by atoms with E-state index in [0.29, 0.717) is 27.0 Å². The first-order valence-corrected chi connectivity index (χ1v) is 10.3. The molecule has 3 aromatic rings. The molecule has 1 saturated heterocycles. The van der Waals surface area contributed by atoms with Gasteiger partial charge >= 0.3 is 5.91 Å². The molecule has 30 heavy (non-hydrogen) atoms. The summed E-state index contributed by atoms with van der Waals surface area (Å²) in [6, 6.07) is 11.1. The number of benzene rings is 2. The molecule has 0 saturated carbocycles. The minimum atomic E-state index is -0.850. The number of carbonyl (C=O) groups excluding carboxylic acids is 2. The van der Waals surface area contributed by atoms with Crippen molar-refractivity contribution in [3.63, 3.8) is 0 Å². The summed E-state index contributed by atoms with van der Waals surface area (Å²) in [5.74, 6) is -1.13. The van der Waals surface area contributed by atoms with Crippen LogP contribution in [0, 0.1) is 6.92 Å². The molecule has 0 bridgehead atoms. The van der Waals surface area contributed by atoms with Crippen LogP contribution in [-0.4, -0.2) is 28.9 Å². The Kier molecular flexibility index (Phi) is 5.32. The number of aryl methyl sites for hydroxylation is 1. The maximum atomic E-state index is 13.0. The molecule has 1 aliphatic rings. The number of halogens is 1. The summed E-state index contributed by atoms with van der Waals surface area (Å²) in [4.78, 5) is 31.5. The second-order valence-corrected chi connectivity index (χ2v) is 8.03. The van der Waals surface area contributed by atoms with E-state index in [9.17, 15) is 14.7 Å². The summed E-state index contributed by atoms with van der Waals surface area (Å²) >= 11 is 7.41. The Morgan fingerprint density at radius 2 is 2.03 bits per heavy atom. The number of amides is 1. The number of anilines is 1. The quantitative estimate of drug-likeness (QED) is 0.360. The molecule has 0 spiro atoms. The van der Waals surface area contributed by atoms with Crippen LogP contribution < -0.4 is 9.64 Å². The fourth-order valence-corrected chi connectivity index (χ4v) is 4.40. The van der Waals surface area contributed by atoms with Crippen molar-refractivity contribution >= 4 is 45.5 Å². The lowest BCUT2D eigenvalue weighted by atomic mass is 9.95. The predicted octanol–water partition coefficient (Wildman–Crippen LogP) is 4.74. The first-order chi connectivity index (χ1) is 14.4. The Labute approximate surface area is 182 Å². The third-order valence-electron chi connectivity index (χ3n) is 4.90. The van der Waals surface area contributed by atoms with Gasteiger partial charge in [-0.2, -0.15) is 0 Å². The van der Waals surface area contributed by atoms with Gasteiger partial charge in [0.05, 0.1) is 18.7 Å². The van der Waals surface area contributed by atoms with Crippen molar-refractivity contribution in [1.82, 2.24) is 4.98 Å². The van der Waals surface area contributed by atoms with Crippen molar-refractivity contribution in [2.45, 2.75) is 13.0 Å². The number of nitrogens with zero attached hydrogens (tertiary/aromatic N) is 2. The van der Waals surface area contributed by atoms with Gasteiger partial charge < -0.3 is 9.84 Å². The zero-order valence-corrected chi connectivity index (χ0v) is 17.7. The molecule has 152 valence electrons. The Morgan fingerprint density at radius 1 is 1.23 bits per heavy atom. The Morgan fingerprint density at radius 3 is 2.67 bits per heavy atom. The number of aliphatic hydroxyl groups excluding tert-OH is 1. The van der Waals surface area contributed by atoms with Crippen LogP contribution in [0.2, 0.25) is 5.02 Å². The highest BCUT2D eigenvalue weighted by molar-refractivity contribution is 7.14. The van der Waals surface area contributed by atoms with Gasteiger partial charge in [-0.1, -0.05) is 23.7 Å². The zero-order chi connectivity index (χ0) is 21.4. The summed E-state index contributed by atoms with van der Waals surface area (Å²) in [5, 5.41) is 13.6. The van der Waals surface area contributed by atoms with Crippen molar-refractivity contribution in [3.8, 4) is 5.75 Å².